The minimum atomic E-state index is -6.31. The Balaban J connectivity index is 2.19. The minimum Gasteiger partial charge on any atom is -0.369 e. The Labute approximate surface area is 176 Å². The van der Waals surface area contributed by atoms with E-state index in [4.69, 9.17) is 0 Å². The summed E-state index contributed by atoms with van der Waals surface area (Å²) in [5, 5.41) is 12.2. The van der Waals surface area contributed by atoms with Gasteiger partial charge in [0.1, 0.15) is 16.4 Å². The maximum Gasteiger partial charge on any atom is 0.430 e. The van der Waals surface area contributed by atoms with Crippen LogP contribution in [-0.2, 0) is 20.2 Å². The Hall–Kier alpha value is -2.25. The average Bonchev–Trinajstić information content (AvgIpc) is 3.17. The van der Waals surface area contributed by atoms with E-state index in [1.54, 1.807) is 0 Å². The molecule has 3 rings (SSSR count). The average molecular weight is 489 g/mol. The van der Waals surface area contributed by atoms with Crippen molar-refractivity contribution < 1.29 is 48.6 Å². The molecule has 32 heavy (non-hydrogen) atoms. The summed E-state index contributed by atoms with van der Waals surface area (Å²) in [6.07, 6.45) is -12.8. The summed E-state index contributed by atoms with van der Waals surface area (Å²) in [6.45, 7) is -0.229. The second-order valence-electron chi connectivity index (χ2n) is 7.28. The number of hydrogen-bond donors (Lipinski definition) is 2. The van der Waals surface area contributed by atoms with Crippen LogP contribution in [0.15, 0.2) is 47.4 Å². The molecule has 2 aromatic rings. The topological polar surface area (TPSA) is 66.4 Å². The Morgan fingerprint density at radius 3 is 1.91 bits per heavy atom. The van der Waals surface area contributed by atoms with E-state index in [0.29, 0.717) is 6.07 Å². The van der Waals surface area contributed by atoms with Crippen LogP contribution in [0.2, 0.25) is 0 Å². The molecule has 2 aromatic carbocycles. The van der Waals surface area contributed by atoms with Gasteiger partial charge in [0.2, 0.25) is 0 Å². The van der Waals surface area contributed by atoms with E-state index in [-0.39, 0.29) is 36.5 Å². The smallest absolute Gasteiger partial charge is 0.369 e. The maximum atomic E-state index is 14.6. The third-order valence-corrected chi connectivity index (χ3v) is 7.97. The molecular weight excluding hydrogens is 474 g/mol. The van der Waals surface area contributed by atoms with Crippen molar-refractivity contribution in [1.82, 2.24) is 5.32 Å². The van der Waals surface area contributed by atoms with Crippen LogP contribution in [0.3, 0.4) is 0 Å². The molecule has 2 N–H and O–H groups in total. The number of hydrogen-bond acceptors (Lipinski definition) is 4. The first-order valence-electron chi connectivity index (χ1n) is 8.95. The van der Waals surface area contributed by atoms with Crippen LogP contribution in [0.25, 0.3) is 0 Å². The van der Waals surface area contributed by atoms with Crippen molar-refractivity contribution in [3.63, 3.8) is 0 Å². The summed E-state index contributed by atoms with van der Waals surface area (Å²) in [5.41, 5.74) is -8.03. The zero-order valence-corrected chi connectivity index (χ0v) is 16.7. The third-order valence-electron chi connectivity index (χ3n) is 5.46. The summed E-state index contributed by atoms with van der Waals surface area (Å²) in [7, 11) is -4.39. The van der Waals surface area contributed by atoms with E-state index in [0.717, 1.165) is 24.3 Å². The Morgan fingerprint density at radius 2 is 1.47 bits per heavy atom. The van der Waals surface area contributed by atoms with E-state index in [1.807, 2.05) is 0 Å². The van der Waals surface area contributed by atoms with E-state index in [1.165, 1.54) is 0 Å². The summed E-state index contributed by atoms with van der Waals surface area (Å²) in [4.78, 5) is -0.367. The molecule has 1 aliphatic heterocycles. The van der Waals surface area contributed by atoms with Crippen LogP contribution in [0.5, 0.6) is 0 Å². The second kappa shape index (κ2) is 7.66. The highest BCUT2D eigenvalue weighted by Crippen LogP contribution is 2.51. The zero-order chi connectivity index (χ0) is 24.2. The Kier molecular flexibility index (Phi) is 5.84. The Morgan fingerprint density at radius 1 is 0.906 bits per heavy atom. The minimum absolute atomic E-state index is 0.0753. The van der Waals surface area contributed by atoms with Gasteiger partial charge in [-0.15, -0.1) is 0 Å². The van der Waals surface area contributed by atoms with E-state index in [2.05, 4.69) is 5.32 Å². The highest BCUT2D eigenvalue weighted by molar-refractivity contribution is 7.92. The van der Waals surface area contributed by atoms with Crippen molar-refractivity contribution >= 4 is 9.84 Å². The van der Waals surface area contributed by atoms with Crippen molar-refractivity contribution in [3.05, 3.63) is 65.2 Å². The van der Waals surface area contributed by atoms with Crippen LogP contribution in [0, 0.1) is 11.6 Å². The van der Waals surface area contributed by atoms with Crippen LogP contribution in [-0.4, -0.2) is 39.0 Å². The van der Waals surface area contributed by atoms with Gasteiger partial charge in [-0.3, -0.25) is 0 Å². The number of rotatable bonds is 4. The molecule has 0 radical (unpaired) electrons. The standard InChI is InChI=1S/C19H15F8NO3S/c20-12-2-4-13(5-3-12)32(30,31)16(7-8-28-10-16)11-1-6-14(15(21)9-11)17(29,18(22,23)24)19(25,26)27/h1-6,9,28-29H,7-8,10H2/t16-/m0/s1. The zero-order valence-electron chi connectivity index (χ0n) is 15.9. The number of alkyl halides is 6. The molecule has 1 heterocycles. The van der Waals surface area contributed by atoms with E-state index < -0.39 is 55.3 Å². The molecule has 1 fully saturated rings. The van der Waals surface area contributed by atoms with Gasteiger partial charge in [0.25, 0.3) is 5.60 Å². The molecule has 0 spiro atoms. The van der Waals surface area contributed by atoms with E-state index >= 15 is 0 Å². The molecule has 0 aromatic heterocycles. The predicted octanol–water partition coefficient (Wildman–Crippen LogP) is 3.94. The molecule has 1 atom stereocenters. The van der Waals surface area contributed by atoms with Gasteiger partial charge in [-0.25, -0.2) is 17.2 Å². The molecule has 0 amide bonds. The molecule has 0 bridgehead atoms. The first-order valence-corrected chi connectivity index (χ1v) is 10.4. The fourth-order valence-electron chi connectivity index (χ4n) is 3.70. The van der Waals surface area contributed by atoms with Gasteiger partial charge in [0, 0.05) is 12.1 Å². The Bertz CT molecular complexity index is 1090. The lowest BCUT2D eigenvalue weighted by atomic mass is 9.88. The molecule has 13 heteroatoms. The van der Waals surface area contributed by atoms with Crippen LogP contribution >= 0.6 is 0 Å². The SMILES string of the molecule is O=S(=O)(c1ccc(F)cc1)[C@@]1(c2ccc(C(O)(C(F)(F)F)C(F)(F)F)c(F)c2)CCNC1. The van der Waals surface area contributed by atoms with Gasteiger partial charge < -0.3 is 10.4 Å². The number of aliphatic hydroxyl groups is 1. The largest absolute Gasteiger partial charge is 0.430 e. The lowest BCUT2D eigenvalue weighted by molar-refractivity contribution is -0.377. The normalized spacial score (nSPS) is 20.5. The molecule has 1 saturated heterocycles. The van der Waals surface area contributed by atoms with Crippen LogP contribution in [0.1, 0.15) is 17.5 Å². The molecule has 4 nitrogen and oxygen atoms in total. The highest BCUT2D eigenvalue weighted by Gasteiger charge is 2.72. The van der Waals surface area contributed by atoms with Crippen LogP contribution in [0.4, 0.5) is 35.1 Å². The summed E-state index contributed by atoms with van der Waals surface area (Å²) in [6, 6.07) is 4.54. The summed E-state index contributed by atoms with van der Waals surface area (Å²) >= 11 is 0. The lowest BCUT2D eigenvalue weighted by Crippen LogP contribution is -2.54. The predicted molar refractivity (Wildman–Crippen MR) is 95.2 cm³/mol. The monoisotopic (exact) mass is 489 g/mol. The van der Waals surface area contributed by atoms with Crippen molar-refractivity contribution in [3.8, 4) is 0 Å². The van der Waals surface area contributed by atoms with Gasteiger partial charge in [0.15, 0.2) is 9.84 Å². The first-order chi connectivity index (χ1) is 14.6. The highest BCUT2D eigenvalue weighted by atomic mass is 32.2. The lowest BCUT2D eigenvalue weighted by Gasteiger charge is -2.34. The molecule has 0 unspecified atom stereocenters. The number of sulfone groups is 1. The fourth-order valence-corrected chi connectivity index (χ4v) is 5.74. The molecule has 0 aliphatic carbocycles. The number of halogens is 8. The molecule has 0 saturated carbocycles. The van der Waals surface area contributed by atoms with Gasteiger partial charge >= 0.3 is 12.4 Å². The number of benzene rings is 2. The molecule has 1 aliphatic rings. The van der Waals surface area contributed by atoms with E-state index in [9.17, 15) is 48.6 Å². The molecular formula is C19H15F8NO3S. The summed E-state index contributed by atoms with van der Waals surface area (Å²) < 4.78 is 131. The van der Waals surface area contributed by atoms with Crippen LogP contribution < -0.4 is 5.32 Å². The van der Waals surface area contributed by atoms with Gasteiger partial charge in [-0.2, -0.15) is 26.3 Å². The fraction of sp³-hybridized carbons (Fsp3) is 0.368. The van der Waals surface area contributed by atoms with Gasteiger partial charge in [0.05, 0.1) is 4.90 Å². The number of nitrogens with one attached hydrogen (secondary N) is 1. The van der Waals surface area contributed by atoms with Crippen molar-refractivity contribution in [2.45, 2.75) is 34.0 Å². The second-order valence-corrected chi connectivity index (χ2v) is 9.54. The van der Waals surface area contributed by atoms with Gasteiger partial charge in [-0.1, -0.05) is 12.1 Å². The maximum absolute atomic E-state index is 14.6. The third kappa shape index (κ3) is 3.55. The van der Waals surface area contributed by atoms with Gasteiger partial charge in [-0.05, 0) is 48.9 Å². The first kappa shape index (κ1) is 24.4. The summed E-state index contributed by atoms with van der Waals surface area (Å²) in [5.74, 6) is -2.82. The van der Waals surface area contributed by atoms with Crippen molar-refractivity contribution in [1.29, 1.82) is 0 Å². The quantitative estimate of drug-likeness (QED) is 0.505. The molecule has 176 valence electrons. The van der Waals surface area contributed by atoms with Crippen molar-refractivity contribution in [2.75, 3.05) is 13.1 Å². The van der Waals surface area contributed by atoms with Crippen molar-refractivity contribution in [2.24, 2.45) is 0 Å².